The number of amides is 1. The maximum atomic E-state index is 11.9. The molecule has 1 fully saturated rings. The van der Waals surface area contributed by atoms with Gasteiger partial charge in [0.05, 0.1) is 11.4 Å². The van der Waals surface area contributed by atoms with Crippen LogP contribution in [0.3, 0.4) is 0 Å². The van der Waals surface area contributed by atoms with E-state index < -0.39 is 0 Å². The van der Waals surface area contributed by atoms with Crippen LogP contribution in [0, 0.1) is 12.8 Å². The number of aromatic amines is 1. The molecule has 2 aromatic rings. The molecule has 23 heavy (non-hydrogen) atoms. The summed E-state index contributed by atoms with van der Waals surface area (Å²) in [4.78, 5) is 20.5. The molecule has 2 N–H and O–H groups in total. The summed E-state index contributed by atoms with van der Waals surface area (Å²) < 4.78 is 0. The smallest absolute Gasteiger partial charge is 0.236 e. The van der Waals surface area contributed by atoms with Crippen molar-refractivity contribution < 1.29 is 4.79 Å². The fourth-order valence-corrected chi connectivity index (χ4v) is 4.11. The maximum Gasteiger partial charge on any atom is 0.236 e. The quantitative estimate of drug-likeness (QED) is 0.747. The van der Waals surface area contributed by atoms with Gasteiger partial charge in [0, 0.05) is 11.8 Å². The summed E-state index contributed by atoms with van der Waals surface area (Å²) in [6.07, 6.45) is 7.58. The second kappa shape index (κ2) is 7.92. The molecule has 0 radical (unpaired) electrons. The molecule has 0 aliphatic heterocycles. The summed E-state index contributed by atoms with van der Waals surface area (Å²) in [5.41, 5.74) is 0.916. The monoisotopic (exact) mass is 351 g/mol. The van der Waals surface area contributed by atoms with Gasteiger partial charge in [-0.25, -0.2) is 9.97 Å². The first-order chi connectivity index (χ1) is 11.2. The third-order valence-corrected chi connectivity index (χ3v) is 5.70. The molecule has 1 aliphatic rings. The van der Waals surface area contributed by atoms with Crippen molar-refractivity contribution in [2.24, 2.45) is 5.92 Å². The van der Waals surface area contributed by atoms with Crippen LogP contribution in [-0.2, 0) is 11.2 Å². The lowest BCUT2D eigenvalue weighted by atomic mass is 10.0. The van der Waals surface area contributed by atoms with Crippen molar-refractivity contribution >= 4 is 34.1 Å². The van der Waals surface area contributed by atoms with Gasteiger partial charge in [-0.2, -0.15) is 0 Å². The van der Waals surface area contributed by atoms with Crippen molar-refractivity contribution in [3.05, 3.63) is 16.9 Å². The van der Waals surface area contributed by atoms with Gasteiger partial charge >= 0.3 is 0 Å². The molecule has 124 valence electrons. The molecule has 1 aliphatic carbocycles. The van der Waals surface area contributed by atoms with E-state index in [1.165, 1.54) is 55.2 Å². The highest BCUT2D eigenvalue weighted by atomic mass is 32.2. The Kier molecular flexibility index (Phi) is 5.66. The number of hydrogen-bond acceptors (Lipinski definition) is 6. The lowest BCUT2D eigenvalue weighted by Crippen LogP contribution is -2.13. The van der Waals surface area contributed by atoms with E-state index in [2.05, 4.69) is 25.5 Å². The van der Waals surface area contributed by atoms with E-state index in [4.69, 9.17) is 0 Å². The first-order valence-electron chi connectivity index (χ1n) is 7.95. The number of H-pyrrole nitrogens is 1. The fourth-order valence-electron chi connectivity index (χ4n) is 2.79. The predicted octanol–water partition coefficient (Wildman–Crippen LogP) is 3.42. The van der Waals surface area contributed by atoms with Gasteiger partial charge in [0.15, 0.2) is 5.13 Å². The Bertz CT molecular complexity index is 648. The number of carbonyl (C=O) groups is 1. The van der Waals surface area contributed by atoms with E-state index in [-0.39, 0.29) is 5.91 Å². The fraction of sp³-hybridized carbons (Fsp3) is 0.600. The van der Waals surface area contributed by atoms with Crippen LogP contribution in [0.1, 0.15) is 43.6 Å². The zero-order valence-electron chi connectivity index (χ0n) is 13.2. The molecule has 1 saturated carbocycles. The number of nitrogens with one attached hydrogen (secondary N) is 2. The first-order valence-corrected chi connectivity index (χ1v) is 9.81. The van der Waals surface area contributed by atoms with Crippen LogP contribution in [0.25, 0.3) is 0 Å². The number of nitrogens with zero attached hydrogens (tertiary/aromatic N) is 3. The Morgan fingerprint density at radius 1 is 1.43 bits per heavy atom. The van der Waals surface area contributed by atoms with Crippen molar-refractivity contribution in [2.75, 3.05) is 11.1 Å². The van der Waals surface area contributed by atoms with E-state index in [0.29, 0.717) is 16.0 Å². The van der Waals surface area contributed by atoms with E-state index in [9.17, 15) is 4.79 Å². The van der Waals surface area contributed by atoms with Crippen LogP contribution in [-0.4, -0.2) is 31.8 Å². The average molecular weight is 352 g/mol. The Labute approximate surface area is 143 Å². The molecule has 2 aromatic heterocycles. The second-order valence-corrected chi connectivity index (χ2v) is 7.69. The number of thioether (sulfide) groups is 1. The molecule has 0 atom stereocenters. The van der Waals surface area contributed by atoms with Gasteiger partial charge in [-0.05, 0) is 19.3 Å². The molecular formula is C15H21N5OS2. The number of aromatic nitrogens is 4. The minimum atomic E-state index is -0.0818. The van der Waals surface area contributed by atoms with E-state index in [1.54, 1.807) is 0 Å². The zero-order valence-corrected chi connectivity index (χ0v) is 14.8. The van der Waals surface area contributed by atoms with Crippen molar-refractivity contribution in [3.63, 3.8) is 0 Å². The van der Waals surface area contributed by atoms with Crippen LogP contribution >= 0.6 is 23.1 Å². The van der Waals surface area contributed by atoms with Gasteiger partial charge in [0.2, 0.25) is 11.1 Å². The lowest BCUT2D eigenvalue weighted by Gasteiger charge is -2.05. The van der Waals surface area contributed by atoms with Crippen molar-refractivity contribution in [2.45, 2.75) is 50.6 Å². The molecule has 0 aromatic carbocycles. The van der Waals surface area contributed by atoms with Gasteiger partial charge in [-0.3, -0.25) is 9.89 Å². The molecule has 0 saturated heterocycles. The van der Waals surface area contributed by atoms with Crippen molar-refractivity contribution in [3.8, 4) is 0 Å². The molecule has 0 spiro atoms. The molecule has 0 bridgehead atoms. The number of rotatable bonds is 7. The highest BCUT2D eigenvalue weighted by Crippen LogP contribution is 2.28. The SMILES string of the molecule is Cc1csc(NC(=O)CSc2n[nH]c(CCC3CCCC3)n2)n1. The second-order valence-electron chi connectivity index (χ2n) is 5.88. The third kappa shape index (κ3) is 5.04. The zero-order chi connectivity index (χ0) is 16.1. The lowest BCUT2D eigenvalue weighted by molar-refractivity contribution is -0.113. The summed E-state index contributed by atoms with van der Waals surface area (Å²) in [5.74, 6) is 1.99. The number of thiazole rings is 1. The molecule has 3 rings (SSSR count). The molecular weight excluding hydrogens is 330 g/mol. The maximum absolute atomic E-state index is 11.9. The first kappa shape index (κ1) is 16.4. The van der Waals surface area contributed by atoms with E-state index in [1.807, 2.05) is 12.3 Å². The van der Waals surface area contributed by atoms with Gasteiger partial charge in [-0.1, -0.05) is 37.4 Å². The topological polar surface area (TPSA) is 83.6 Å². The highest BCUT2D eigenvalue weighted by molar-refractivity contribution is 7.99. The molecule has 2 heterocycles. The van der Waals surface area contributed by atoms with Crippen LogP contribution in [0.2, 0.25) is 0 Å². The average Bonchev–Trinajstić information content (AvgIpc) is 3.25. The largest absolute Gasteiger partial charge is 0.301 e. The Morgan fingerprint density at radius 3 is 3.00 bits per heavy atom. The Hall–Kier alpha value is -1.41. The number of carbonyl (C=O) groups excluding carboxylic acids is 1. The van der Waals surface area contributed by atoms with E-state index in [0.717, 1.165) is 23.9 Å². The molecule has 0 unspecified atom stereocenters. The molecule has 1 amide bonds. The summed E-state index contributed by atoms with van der Waals surface area (Å²) >= 11 is 2.78. The summed E-state index contributed by atoms with van der Waals surface area (Å²) in [6.45, 7) is 1.90. The minimum absolute atomic E-state index is 0.0818. The summed E-state index contributed by atoms with van der Waals surface area (Å²) in [5, 5.41) is 13.1. The number of hydrogen-bond donors (Lipinski definition) is 2. The van der Waals surface area contributed by atoms with Crippen LogP contribution in [0.5, 0.6) is 0 Å². The normalized spacial score (nSPS) is 15.2. The van der Waals surface area contributed by atoms with Crippen LogP contribution in [0.4, 0.5) is 5.13 Å². The van der Waals surface area contributed by atoms with Crippen LogP contribution < -0.4 is 5.32 Å². The number of aryl methyl sites for hydroxylation is 2. The van der Waals surface area contributed by atoms with Gasteiger partial charge in [0.1, 0.15) is 5.82 Å². The van der Waals surface area contributed by atoms with Gasteiger partial charge < -0.3 is 5.32 Å². The third-order valence-electron chi connectivity index (χ3n) is 3.97. The predicted molar refractivity (Wildman–Crippen MR) is 92.9 cm³/mol. The van der Waals surface area contributed by atoms with Crippen LogP contribution in [0.15, 0.2) is 10.5 Å². The Balaban J connectivity index is 1.40. The minimum Gasteiger partial charge on any atom is -0.301 e. The Morgan fingerprint density at radius 2 is 2.26 bits per heavy atom. The molecule has 8 heteroatoms. The summed E-state index contributed by atoms with van der Waals surface area (Å²) in [7, 11) is 0. The van der Waals surface area contributed by atoms with Gasteiger partial charge in [0.25, 0.3) is 0 Å². The van der Waals surface area contributed by atoms with E-state index >= 15 is 0 Å². The molecule has 6 nitrogen and oxygen atoms in total. The van der Waals surface area contributed by atoms with Crippen molar-refractivity contribution in [1.82, 2.24) is 20.2 Å². The summed E-state index contributed by atoms with van der Waals surface area (Å²) in [6, 6.07) is 0. The highest BCUT2D eigenvalue weighted by Gasteiger charge is 2.16. The standard InChI is InChI=1S/C15H21N5OS2/c1-10-8-22-14(16-10)18-13(21)9-23-15-17-12(19-20-15)7-6-11-4-2-3-5-11/h8,11H,2-7,9H2,1H3,(H,16,18,21)(H,17,19,20). The van der Waals surface area contributed by atoms with Gasteiger partial charge in [-0.15, -0.1) is 16.4 Å². The number of anilines is 1. The van der Waals surface area contributed by atoms with Crippen molar-refractivity contribution in [1.29, 1.82) is 0 Å².